The van der Waals surface area contributed by atoms with Gasteiger partial charge in [-0.2, -0.15) is 16.3 Å². The highest BCUT2D eigenvalue weighted by atomic mass is 32.1. The number of aromatic nitrogens is 2. The topological polar surface area (TPSA) is 59.2 Å². The first-order valence-electron chi connectivity index (χ1n) is 9.15. The van der Waals surface area contributed by atoms with Crippen LogP contribution in [0.2, 0.25) is 0 Å². The van der Waals surface area contributed by atoms with Crippen molar-refractivity contribution in [3.8, 4) is 11.4 Å². The van der Waals surface area contributed by atoms with E-state index in [1.54, 1.807) is 16.2 Å². The van der Waals surface area contributed by atoms with E-state index in [4.69, 9.17) is 4.52 Å². The zero-order chi connectivity index (χ0) is 19.5. The fourth-order valence-electron chi connectivity index (χ4n) is 3.49. The lowest BCUT2D eigenvalue weighted by Crippen LogP contribution is -2.41. The van der Waals surface area contributed by atoms with E-state index in [1.165, 1.54) is 12.1 Å². The van der Waals surface area contributed by atoms with Crippen molar-refractivity contribution >= 4 is 17.2 Å². The number of benzene rings is 1. The Bertz CT molecular complexity index is 958. The molecule has 8 heteroatoms. The van der Waals surface area contributed by atoms with Crippen LogP contribution in [-0.4, -0.2) is 34.0 Å². The summed E-state index contributed by atoms with van der Waals surface area (Å²) in [6.45, 7) is 1.21. The van der Waals surface area contributed by atoms with Gasteiger partial charge in [0, 0.05) is 36.5 Å². The van der Waals surface area contributed by atoms with Gasteiger partial charge < -0.3 is 9.42 Å². The third kappa shape index (κ3) is 4.27. The molecule has 1 aliphatic heterocycles. The zero-order valence-corrected chi connectivity index (χ0v) is 15.9. The average molecular weight is 403 g/mol. The lowest BCUT2D eigenvalue weighted by Gasteiger charge is -2.32. The summed E-state index contributed by atoms with van der Waals surface area (Å²) in [6, 6.07) is 5.25. The molecule has 0 aliphatic carbocycles. The number of carbonyl (C=O) groups is 1. The standard InChI is InChI=1S/C20H19F2N3O2S/c21-16-4-3-14(17(22)10-16)9-19(26)25-6-1-2-13(11-25)8-18-23-20(24-27-18)15-5-7-28-12-15/h3-5,7,10,12-13H,1-2,6,8-9,11H2/t13-/m1/s1. The van der Waals surface area contributed by atoms with Gasteiger partial charge >= 0.3 is 0 Å². The van der Waals surface area contributed by atoms with Crippen LogP contribution in [0.1, 0.15) is 24.3 Å². The molecule has 4 rings (SSSR count). The van der Waals surface area contributed by atoms with Crippen LogP contribution in [-0.2, 0) is 17.6 Å². The zero-order valence-electron chi connectivity index (χ0n) is 15.1. The summed E-state index contributed by atoms with van der Waals surface area (Å²) in [5.74, 6) is -0.134. The molecule has 146 valence electrons. The molecule has 1 fully saturated rings. The smallest absolute Gasteiger partial charge is 0.227 e. The van der Waals surface area contributed by atoms with Gasteiger partial charge in [0.25, 0.3) is 0 Å². The number of likely N-dealkylation sites (tertiary alicyclic amines) is 1. The fraction of sp³-hybridized carbons (Fsp3) is 0.350. The number of rotatable bonds is 5. The van der Waals surface area contributed by atoms with E-state index in [0.29, 0.717) is 31.2 Å². The van der Waals surface area contributed by atoms with E-state index in [1.807, 2.05) is 16.8 Å². The molecule has 1 aliphatic rings. The van der Waals surface area contributed by atoms with Gasteiger partial charge in [0.15, 0.2) is 0 Å². The first kappa shape index (κ1) is 18.7. The molecule has 28 heavy (non-hydrogen) atoms. The Labute approximate surface area is 165 Å². The number of hydrogen-bond donors (Lipinski definition) is 0. The molecule has 1 amide bonds. The second kappa shape index (κ2) is 8.18. The second-order valence-corrected chi connectivity index (χ2v) is 7.77. The van der Waals surface area contributed by atoms with Crippen LogP contribution in [0.5, 0.6) is 0 Å². The number of amides is 1. The first-order chi connectivity index (χ1) is 13.6. The minimum Gasteiger partial charge on any atom is -0.342 e. The lowest BCUT2D eigenvalue weighted by atomic mass is 9.94. The number of hydrogen-bond acceptors (Lipinski definition) is 5. The summed E-state index contributed by atoms with van der Waals surface area (Å²) in [4.78, 5) is 18.8. The molecular formula is C20H19F2N3O2S. The number of nitrogens with zero attached hydrogens (tertiary/aromatic N) is 3. The molecule has 0 spiro atoms. The average Bonchev–Trinajstić information content (AvgIpc) is 3.36. The first-order valence-corrected chi connectivity index (χ1v) is 10.1. The van der Waals surface area contributed by atoms with E-state index in [0.717, 1.165) is 24.5 Å². The largest absolute Gasteiger partial charge is 0.342 e. The summed E-state index contributed by atoms with van der Waals surface area (Å²) in [5.41, 5.74) is 1.15. The van der Waals surface area contributed by atoms with Crippen LogP contribution in [0.25, 0.3) is 11.4 Å². The van der Waals surface area contributed by atoms with Crippen molar-refractivity contribution in [1.82, 2.24) is 15.0 Å². The third-order valence-corrected chi connectivity index (χ3v) is 5.62. The highest BCUT2D eigenvalue weighted by Gasteiger charge is 2.26. The van der Waals surface area contributed by atoms with E-state index < -0.39 is 11.6 Å². The molecule has 0 saturated carbocycles. The van der Waals surface area contributed by atoms with Gasteiger partial charge in [-0.3, -0.25) is 4.79 Å². The van der Waals surface area contributed by atoms with Crippen molar-refractivity contribution in [3.63, 3.8) is 0 Å². The van der Waals surface area contributed by atoms with Gasteiger partial charge in [0.05, 0.1) is 6.42 Å². The molecule has 1 aromatic carbocycles. The van der Waals surface area contributed by atoms with Crippen molar-refractivity contribution in [2.24, 2.45) is 5.92 Å². The maximum absolute atomic E-state index is 13.8. The molecule has 0 radical (unpaired) electrons. The molecule has 0 bridgehead atoms. The minimum absolute atomic E-state index is 0.0678. The predicted molar refractivity (Wildman–Crippen MR) is 101 cm³/mol. The maximum atomic E-state index is 13.8. The van der Waals surface area contributed by atoms with Crippen LogP contribution in [0.3, 0.4) is 0 Å². The quantitative estimate of drug-likeness (QED) is 0.644. The Morgan fingerprint density at radius 2 is 2.21 bits per heavy atom. The molecule has 5 nitrogen and oxygen atoms in total. The van der Waals surface area contributed by atoms with E-state index in [2.05, 4.69) is 10.1 Å². The maximum Gasteiger partial charge on any atom is 0.227 e. The van der Waals surface area contributed by atoms with Crippen LogP contribution < -0.4 is 0 Å². The third-order valence-electron chi connectivity index (χ3n) is 4.94. The number of piperidine rings is 1. The fourth-order valence-corrected chi connectivity index (χ4v) is 4.13. The SMILES string of the molecule is O=C(Cc1ccc(F)cc1F)N1CCC[C@H](Cc2nc(-c3ccsc3)no2)C1. The van der Waals surface area contributed by atoms with E-state index >= 15 is 0 Å². The van der Waals surface area contributed by atoms with Crippen molar-refractivity contribution < 1.29 is 18.1 Å². The summed E-state index contributed by atoms with van der Waals surface area (Å²) < 4.78 is 32.2. The van der Waals surface area contributed by atoms with Crippen LogP contribution in [0.4, 0.5) is 8.78 Å². The van der Waals surface area contributed by atoms with Gasteiger partial charge in [-0.25, -0.2) is 8.78 Å². The molecule has 3 heterocycles. The van der Waals surface area contributed by atoms with Gasteiger partial charge in [-0.1, -0.05) is 11.2 Å². The van der Waals surface area contributed by atoms with Crippen LogP contribution in [0, 0.1) is 17.6 Å². The van der Waals surface area contributed by atoms with Crippen molar-refractivity contribution in [1.29, 1.82) is 0 Å². The van der Waals surface area contributed by atoms with Crippen molar-refractivity contribution in [3.05, 3.63) is 58.1 Å². The van der Waals surface area contributed by atoms with Gasteiger partial charge in [0.1, 0.15) is 11.6 Å². The second-order valence-electron chi connectivity index (χ2n) is 6.99. The number of thiophene rings is 1. The Kier molecular flexibility index (Phi) is 5.47. The summed E-state index contributed by atoms with van der Waals surface area (Å²) in [5, 5.41) is 7.94. The highest BCUT2D eigenvalue weighted by Crippen LogP contribution is 2.24. The van der Waals surface area contributed by atoms with Gasteiger partial charge in [-0.05, 0) is 41.8 Å². The van der Waals surface area contributed by atoms with Gasteiger partial charge in [-0.15, -0.1) is 0 Å². The Balaban J connectivity index is 1.37. The molecule has 3 aromatic rings. The molecule has 0 N–H and O–H groups in total. The Morgan fingerprint density at radius 1 is 1.32 bits per heavy atom. The predicted octanol–water partition coefficient (Wildman–Crippen LogP) is 4.10. The Hall–Kier alpha value is -2.61. The van der Waals surface area contributed by atoms with Crippen molar-refractivity contribution in [2.75, 3.05) is 13.1 Å². The van der Waals surface area contributed by atoms with Gasteiger partial charge in [0.2, 0.25) is 17.6 Å². The monoisotopic (exact) mass is 403 g/mol. The van der Waals surface area contributed by atoms with E-state index in [-0.39, 0.29) is 23.8 Å². The van der Waals surface area contributed by atoms with Crippen LogP contribution >= 0.6 is 11.3 Å². The van der Waals surface area contributed by atoms with Crippen molar-refractivity contribution in [2.45, 2.75) is 25.7 Å². The molecular weight excluding hydrogens is 384 g/mol. The molecule has 1 saturated heterocycles. The number of halogens is 2. The summed E-state index contributed by atoms with van der Waals surface area (Å²) in [6.07, 6.45) is 2.37. The summed E-state index contributed by atoms with van der Waals surface area (Å²) in [7, 11) is 0. The lowest BCUT2D eigenvalue weighted by molar-refractivity contribution is -0.132. The molecule has 0 unspecified atom stereocenters. The Morgan fingerprint density at radius 3 is 3.00 bits per heavy atom. The molecule has 2 aromatic heterocycles. The summed E-state index contributed by atoms with van der Waals surface area (Å²) >= 11 is 1.57. The normalized spacial score (nSPS) is 17.1. The highest BCUT2D eigenvalue weighted by molar-refractivity contribution is 7.08. The minimum atomic E-state index is -0.686. The molecule has 1 atom stereocenters. The van der Waals surface area contributed by atoms with E-state index in [9.17, 15) is 13.6 Å². The number of carbonyl (C=O) groups excluding carboxylic acids is 1. The van der Waals surface area contributed by atoms with Crippen LogP contribution in [0.15, 0.2) is 39.5 Å².